The van der Waals surface area contributed by atoms with Crippen LogP contribution in [0.5, 0.6) is 0 Å². The van der Waals surface area contributed by atoms with Crippen molar-refractivity contribution in [3.63, 3.8) is 0 Å². The zero-order valence-electron chi connectivity index (χ0n) is 12.2. The van der Waals surface area contributed by atoms with Crippen LogP contribution in [0.1, 0.15) is 51.0 Å². The molecule has 0 fully saturated rings. The summed E-state index contributed by atoms with van der Waals surface area (Å²) >= 11 is 0. The summed E-state index contributed by atoms with van der Waals surface area (Å²) in [6.45, 7) is 2.21. The number of halogens is 1. The molecule has 20 heavy (non-hydrogen) atoms. The lowest BCUT2D eigenvalue weighted by Crippen LogP contribution is -1.81. The van der Waals surface area contributed by atoms with Crippen LogP contribution in [0.2, 0.25) is 0 Å². The summed E-state index contributed by atoms with van der Waals surface area (Å²) in [6.07, 6.45) is 8.66. The highest BCUT2D eigenvalue weighted by molar-refractivity contribution is 5.85. The summed E-state index contributed by atoms with van der Waals surface area (Å²) in [7, 11) is 0. The summed E-state index contributed by atoms with van der Waals surface area (Å²) in [5.74, 6) is -0.0914. The monoisotopic (exact) mass is 270 g/mol. The highest BCUT2D eigenvalue weighted by Gasteiger charge is 2.01. The van der Waals surface area contributed by atoms with Crippen molar-refractivity contribution in [1.82, 2.24) is 0 Å². The minimum Gasteiger partial charge on any atom is -0.207 e. The van der Waals surface area contributed by atoms with Gasteiger partial charge < -0.3 is 0 Å². The van der Waals surface area contributed by atoms with E-state index in [1.807, 2.05) is 36.4 Å². The summed E-state index contributed by atoms with van der Waals surface area (Å²) in [5.41, 5.74) is 0.692. The predicted molar refractivity (Wildman–Crippen MR) is 86.4 cm³/mol. The molecule has 0 aliphatic heterocycles. The summed E-state index contributed by atoms with van der Waals surface area (Å²) in [6, 6.07) is 13.8. The Morgan fingerprint density at radius 3 is 2.50 bits per heavy atom. The standard InChI is InChI=1S/C19H23F/c1-2-3-4-5-6-7-12-19(20)18-14-13-16-10-8-9-11-17(16)15-18/h8-15H,2-7H2,1H3/b19-12-. The number of rotatable bonds is 7. The Bertz CT molecular complexity index is 569. The summed E-state index contributed by atoms with van der Waals surface area (Å²) in [5, 5.41) is 2.25. The average Bonchev–Trinajstić information content (AvgIpc) is 2.50. The number of allylic oxidation sites excluding steroid dienone is 1. The second-order valence-electron chi connectivity index (χ2n) is 5.32. The highest BCUT2D eigenvalue weighted by atomic mass is 19.1. The van der Waals surface area contributed by atoms with E-state index in [1.54, 1.807) is 6.08 Å². The van der Waals surface area contributed by atoms with Gasteiger partial charge in [0, 0.05) is 5.56 Å². The van der Waals surface area contributed by atoms with Crippen molar-refractivity contribution in [3.8, 4) is 0 Å². The van der Waals surface area contributed by atoms with E-state index < -0.39 is 0 Å². The molecule has 0 unspecified atom stereocenters. The van der Waals surface area contributed by atoms with Gasteiger partial charge in [-0.2, -0.15) is 0 Å². The first kappa shape index (κ1) is 14.8. The lowest BCUT2D eigenvalue weighted by atomic mass is 10.1. The molecule has 0 heterocycles. The Kier molecular flexibility index (Phi) is 5.79. The molecule has 0 atom stereocenters. The van der Waals surface area contributed by atoms with Crippen LogP contribution in [0.15, 0.2) is 48.5 Å². The van der Waals surface area contributed by atoms with Crippen LogP contribution in [0.4, 0.5) is 4.39 Å². The van der Waals surface area contributed by atoms with E-state index in [0.29, 0.717) is 5.56 Å². The van der Waals surface area contributed by atoms with E-state index in [9.17, 15) is 4.39 Å². The SMILES string of the molecule is CCCCCCC/C=C(\F)c1ccc2ccccc2c1. The molecule has 0 radical (unpaired) electrons. The molecule has 0 N–H and O–H groups in total. The molecule has 0 saturated heterocycles. The van der Waals surface area contributed by atoms with Crippen LogP contribution in [0, 0.1) is 0 Å². The molecular formula is C19H23F. The van der Waals surface area contributed by atoms with Crippen molar-refractivity contribution in [2.24, 2.45) is 0 Å². The number of hydrogen-bond donors (Lipinski definition) is 0. The maximum atomic E-state index is 14.1. The van der Waals surface area contributed by atoms with Gasteiger partial charge in [0.05, 0.1) is 0 Å². The molecule has 0 spiro atoms. The van der Waals surface area contributed by atoms with Gasteiger partial charge in [-0.3, -0.25) is 0 Å². The third kappa shape index (κ3) is 4.19. The molecular weight excluding hydrogens is 247 g/mol. The fraction of sp³-hybridized carbons (Fsp3) is 0.368. The molecule has 0 saturated carbocycles. The molecule has 0 amide bonds. The van der Waals surface area contributed by atoms with Gasteiger partial charge in [0.15, 0.2) is 0 Å². The third-order valence-electron chi connectivity index (χ3n) is 3.66. The van der Waals surface area contributed by atoms with Gasteiger partial charge in [0.1, 0.15) is 5.83 Å². The highest BCUT2D eigenvalue weighted by Crippen LogP contribution is 2.23. The molecule has 106 valence electrons. The Hall–Kier alpha value is -1.63. The summed E-state index contributed by atoms with van der Waals surface area (Å²) < 4.78 is 14.1. The number of fused-ring (bicyclic) bond motifs is 1. The topological polar surface area (TPSA) is 0 Å². The molecule has 0 aliphatic carbocycles. The maximum Gasteiger partial charge on any atom is 0.126 e. The first-order valence-electron chi connectivity index (χ1n) is 7.66. The van der Waals surface area contributed by atoms with E-state index in [1.165, 1.54) is 25.7 Å². The zero-order chi connectivity index (χ0) is 14.2. The smallest absolute Gasteiger partial charge is 0.126 e. The Labute approximate surface area is 121 Å². The Morgan fingerprint density at radius 1 is 0.950 bits per heavy atom. The first-order valence-corrected chi connectivity index (χ1v) is 7.66. The van der Waals surface area contributed by atoms with Crippen molar-refractivity contribution in [2.75, 3.05) is 0 Å². The lowest BCUT2D eigenvalue weighted by molar-refractivity contribution is 0.635. The van der Waals surface area contributed by atoms with E-state index >= 15 is 0 Å². The van der Waals surface area contributed by atoms with E-state index in [2.05, 4.69) is 13.0 Å². The molecule has 1 heteroatoms. The van der Waals surface area contributed by atoms with Crippen molar-refractivity contribution >= 4 is 16.6 Å². The maximum absolute atomic E-state index is 14.1. The van der Waals surface area contributed by atoms with Gasteiger partial charge in [-0.05, 0) is 35.8 Å². The lowest BCUT2D eigenvalue weighted by Gasteiger charge is -2.02. The van der Waals surface area contributed by atoms with Crippen molar-refractivity contribution in [2.45, 2.75) is 45.4 Å². The van der Waals surface area contributed by atoms with Crippen LogP contribution < -0.4 is 0 Å². The Morgan fingerprint density at radius 2 is 1.70 bits per heavy atom. The average molecular weight is 270 g/mol. The second kappa shape index (κ2) is 7.84. The quantitative estimate of drug-likeness (QED) is 0.503. The van der Waals surface area contributed by atoms with Crippen LogP contribution in [0.25, 0.3) is 16.6 Å². The molecule has 0 bridgehead atoms. The van der Waals surface area contributed by atoms with Gasteiger partial charge in [-0.15, -0.1) is 0 Å². The predicted octanol–water partition coefficient (Wildman–Crippen LogP) is 6.51. The van der Waals surface area contributed by atoms with Gasteiger partial charge in [0.25, 0.3) is 0 Å². The van der Waals surface area contributed by atoms with E-state index in [-0.39, 0.29) is 5.83 Å². The van der Waals surface area contributed by atoms with Crippen LogP contribution >= 0.6 is 0 Å². The molecule has 2 rings (SSSR count). The zero-order valence-corrected chi connectivity index (χ0v) is 12.2. The minimum absolute atomic E-state index is 0.0914. The molecule has 0 aromatic heterocycles. The van der Waals surface area contributed by atoms with Gasteiger partial charge in [0.2, 0.25) is 0 Å². The second-order valence-corrected chi connectivity index (χ2v) is 5.32. The number of unbranched alkanes of at least 4 members (excludes halogenated alkanes) is 5. The number of benzene rings is 2. The van der Waals surface area contributed by atoms with Crippen LogP contribution in [-0.2, 0) is 0 Å². The van der Waals surface area contributed by atoms with Gasteiger partial charge in [-0.1, -0.05) is 69.0 Å². The third-order valence-corrected chi connectivity index (χ3v) is 3.66. The Balaban J connectivity index is 1.94. The molecule has 0 nitrogen and oxygen atoms in total. The van der Waals surface area contributed by atoms with Crippen molar-refractivity contribution < 1.29 is 4.39 Å². The fourth-order valence-corrected chi connectivity index (χ4v) is 2.43. The molecule has 2 aromatic carbocycles. The van der Waals surface area contributed by atoms with E-state index in [4.69, 9.17) is 0 Å². The fourth-order valence-electron chi connectivity index (χ4n) is 2.43. The largest absolute Gasteiger partial charge is 0.207 e. The first-order chi connectivity index (χ1) is 9.81. The van der Waals surface area contributed by atoms with Gasteiger partial charge in [-0.25, -0.2) is 4.39 Å². The van der Waals surface area contributed by atoms with Crippen molar-refractivity contribution in [3.05, 3.63) is 54.1 Å². The van der Waals surface area contributed by atoms with Crippen molar-refractivity contribution in [1.29, 1.82) is 0 Å². The molecule has 2 aromatic rings. The summed E-state index contributed by atoms with van der Waals surface area (Å²) in [4.78, 5) is 0. The normalized spacial score (nSPS) is 12.0. The minimum atomic E-state index is -0.0914. The van der Waals surface area contributed by atoms with E-state index in [0.717, 1.165) is 23.6 Å². The van der Waals surface area contributed by atoms with Crippen LogP contribution in [-0.4, -0.2) is 0 Å². The van der Waals surface area contributed by atoms with Crippen LogP contribution in [0.3, 0.4) is 0 Å². The van der Waals surface area contributed by atoms with Gasteiger partial charge >= 0.3 is 0 Å². The molecule has 0 aliphatic rings. The number of hydrogen-bond acceptors (Lipinski definition) is 0.